The lowest BCUT2D eigenvalue weighted by atomic mass is 10.1. The van der Waals surface area contributed by atoms with E-state index in [4.69, 9.17) is 0 Å². The van der Waals surface area contributed by atoms with E-state index in [0.717, 1.165) is 12.8 Å². The summed E-state index contributed by atoms with van der Waals surface area (Å²) in [5.41, 5.74) is 0.302. The Labute approximate surface area is 125 Å². The normalized spacial score (nSPS) is 9.43. The molecule has 0 unspecified atom stereocenters. The summed E-state index contributed by atoms with van der Waals surface area (Å²) >= 11 is 0. The first-order chi connectivity index (χ1) is 10.1. The van der Waals surface area contributed by atoms with Gasteiger partial charge in [0.25, 0.3) is 0 Å². The Bertz CT molecular complexity index is 582. The number of aromatic nitrogens is 2. The molecule has 0 atom stereocenters. The van der Waals surface area contributed by atoms with Gasteiger partial charge in [-0.2, -0.15) is 4.68 Å². The third kappa shape index (κ3) is 6.63. The van der Waals surface area contributed by atoms with E-state index in [0.29, 0.717) is 5.56 Å². The van der Waals surface area contributed by atoms with Crippen molar-refractivity contribution in [3.05, 3.63) is 21.9 Å². The number of nitro groups is 1. The lowest BCUT2D eigenvalue weighted by Gasteiger charge is -1.96. The van der Waals surface area contributed by atoms with Crippen molar-refractivity contribution in [1.82, 2.24) is 9.78 Å². The molecule has 0 radical (unpaired) electrons. The second-order valence-electron chi connectivity index (χ2n) is 4.87. The summed E-state index contributed by atoms with van der Waals surface area (Å²) < 4.78 is 1.38. The van der Waals surface area contributed by atoms with E-state index in [2.05, 4.69) is 35.7 Å². The molecular formula is C16H21N3O2. The van der Waals surface area contributed by atoms with Gasteiger partial charge in [0.2, 0.25) is 0 Å². The highest BCUT2D eigenvalue weighted by Crippen LogP contribution is 2.13. The second kappa shape index (κ2) is 9.61. The highest BCUT2D eigenvalue weighted by Gasteiger charge is 2.17. The Morgan fingerprint density at radius 3 is 2.67 bits per heavy atom. The first-order valence-electron chi connectivity index (χ1n) is 7.32. The number of hydrogen-bond donors (Lipinski definition) is 0. The Balaban J connectivity index is 2.37. The summed E-state index contributed by atoms with van der Waals surface area (Å²) in [5.74, 6) is 10.8. The summed E-state index contributed by atoms with van der Waals surface area (Å²) in [6.07, 6.45) is 9.78. The molecule has 0 aliphatic rings. The molecule has 1 rings (SSSR count). The van der Waals surface area contributed by atoms with Crippen molar-refractivity contribution in [3.63, 3.8) is 0 Å². The number of aryl methyl sites for hydroxylation is 1. The quantitative estimate of drug-likeness (QED) is 0.334. The zero-order valence-electron chi connectivity index (χ0n) is 12.7. The molecule has 0 bridgehead atoms. The largest absolute Gasteiger partial charge is 0.405 e. The molecule has 112 valence electrons. The molecule has 0 fully saturated rings. The zero-order chi connectivity index (χ0) is 15.5. The molecule has 1 heterocycles. The molecule has 5 nitrogen and oxygen atoms in total. The average molecular weight is 287 g/mol. The van der Waals surface area contributed by atoms with Gasteiger partial charge in [0.1, 0.15) is 5.56 Å². The summed E-state index contributed by atoms with van der Waals surface area (Å²) in [6.45, 7) is 2.21. The van der Waals surface area contributed by atoms with E-state index in [1.807, 2.05) is 0 Å². The van der Waals surface area contributed by atoms with Gasteiger partial charge in [-0.1, -0.05) is 44.9 Å². The van der Waals surface area contributed by atoms with Crippen LogP contribution in [0.1, 0.15) is 57.4 Å². The lowest BCUT2D eigenvalue weighted by Crippen LogP contribution is -1.92. The van der Waals surface area contributed by atoms with Crippen molar-refractivity contribution in [2.24, 2.45) is 7.05 Å². The fourth-order valence-corrected chi connectivity index (χ4v) is 1.90. The van der Waals surface area contributed by atoms with Crippen molar-refractivity contribution in [2.75, 3.05) is 0 Å². The minimum absolute atomic E-state index is 0.220. The average Bonchev–Trinajstić information content (AvgIpc) is 2.82. The van der Waals surface area contributed by atoms with Crippen molar-refractivity contribution >= 4 is 5.82 Å². The third-order valence-corrected chi connectivity index (χ3v) is 2.99. The van der Waals surface area contributed by atoms with Crippen LogP contribution in [0.5, 0.6) is 0 Å². The molecule has 5 heteroatoms. The standard InChI is InChI=1S/C16H21N3O2/c1-3-4-5-6-7-8-9-10-11-12-13-15-14-18(2)17-16(15)19(20)21/h14H,3-9H2,1-2H3. The first kappa shape index (κ1) is 16.8. The molecule has 0 aromatic carbocycles. The highest BCUT2D eigenvalue weighted by atomic mass is 16.6. The van der Waals surface area contributed by atoms with Crippen LogP contribution in [0.3, 0.4) is 0 Å². The van der Waals surface area contributed by atoms with E-state index >= 15 is 0 Å². The second-order valence-corrected chi connectivity index (χ2v) is 4.87. The van der Waals surface area contributed by atoms with Gasteiger partial charge in [-0.25, -0.2) is 0 Å². The maximum atomic E-state index is 10.7. The summed E-state index contributed by atoms with van der Waals surface area (Å²) in [7, 11) is 1.63. The van der Waals surface area contributed by atoms with E-state index in [-0.39, 0.29) is 5.82 Å². The van der Waals surface area contributed by atoms with Gasteiger partial charge < -0.3 is 10.1 Å². The van der Waals surface area contributed by atoms with Crippen molar-refractivity contribution in [2.45, 2.75) is 51.9 Å². The molecule has 0 saturated carbocycles. The van der Waals surface area contributed by atoms with Gasteiger partial charge in [-0.05, 0) is 29.1 Å². The molecule has 1 aromatic heterocycles. The molecular weight excluding hydrogens is 266 g/mol. The van der Waals surface area contributed by atoms with E-state index in [1.54, 1.807) is 7.05 Å². The van der Waals surface area contributed by atoms with Crippen LogP contribution in [0.4, 0.5) is 5.82 Å². The van der Waals surface area contributed by atoms with Crippen LogP contribution < -0.4 is 0 Å². The summed E-state index contributed by atoms with van der Waals surface area (Å²) in [4.78, 5) is 10.2. The van der Waals surface area contributed by atoms with Gasteiger partial charge in [0, 0.05) is 6.42 Å². The zero-order valence-corrected chi connectivity index (χ0v) is 12.7. The number of unbranched alkanes of at least 4 members (excludes halogenated alkanes) is 6. The lowest BCUT2D eigenvalue weighted by molar-refractivity contribution is -0.390. The van der Waals surface area contributed by atoms with Gasteiger partial charge in [0.15, 0.2) is 0 Å². The Morgan fingerprint density at radius 2 is 1.95 bits per heavy atom. The van der Waals surface area contributed by atoms with Gasteiger partial charge in [-0.15, -0.1) is 0 Å². The first-order valence-corrected chi connectivity index (χ1v) is 7.32. The van der Waals surface area contributed by atoms with Crippen LogP contribution in [0.25, 0.3) is 0 Å². The fourth-order valence-electron chi connectivity index (χ4n) is 1.90. The fraction of sp³-hybridized carbons (Fsp3) is 0.562. The highest BCUT2D eigenvalue weighted by molar-refractivity contribution is 5.47. The number of hydrogen-bond acceptors (Lipinski definition) is 3. The molecule has 21 heavy (non-hydrogen) atoms. The summed E-state index contributed by atoms with van der Waals surface area (Å²) in [6, 6.07) is 0. The van der Waals surface area contributed by atoms with Crippen LogP contribution in [0.2, 0.25) is 0 Å². The molecule has 0 aliphatic heterocycles. The van der Waals surface area contributed by atoms with Gasteiger partial charge in [-0.3, -0.25) is 0 Å². The molecule has 0 saturated heterocycles. The van der Waals surface area contributed by atoms with Gasteiger partial charge >= 0.3 is 5.82 Å². The van der Waals surface area contributed by atoms with Crippen molar-refractivity contribution in [1.29, 1.82) is 0 Å². The minimum atomic E-state index is -0.534. The monoisotopic (exact) mass is 287 g/mol. The van der Waals surface area contributed by atoms with E-state index < -0.39 is 4.92 Å². The maximum absolute atomic E-state index is 10.7. The van der Waals surface area contributed by atoms with Gasteiger partial charge in [0.05, 0.1) is 18.3 Å². The third-order valence-electron chi connectivity index (χ3n) is 2.99. The molecule has 0 N–H and O–H groups in total. The predicted molar refractivity (Wildman–Crippen MR) is 82.5 cm³/mol. The SMILES string of the molecule is CCCCCCCCC#CC#Cc1cn(C)nc1[N+](=O)[O-]. The summed E-state index contributed by atoms with van der Waals surface area (Å²) in [5, 5.41) is 14.5. The van der Waals surface area contributed by atoms with Crippen LogP contribution in [0, 0.1) is 33.8 Å². The number of rotatable bonds is 7. The van der Waals surface area contributed by atoms with Crippen molar-refractivity contribution in [3.8, 4) is 23.7 Å². The van der Waals surface area contributed by atoms with E-state index in [1.165, 1.54) is 43.0 Å². The molecule has 0 amide bonds. The maximum Gasteiger partial charge on any atom is 0.405 e. The van der Waals surface area contributed by atoms with Crippen LogP contribution in [-0.2, 0) is 7.05 Å². The van der Waals surface area contributed by atoms with Crippen LogP contribution in [-0.4, -0.2) is 14.7 Å². The molecule has 0 spiro atoms. The smallest absolute Gasteiger partial charge is 0.358 e. The van der Waals surface area contributed by atoms with Crippen molar-refractivity contribution < 1.29 is 4.92 Å². The Hall–Kier alpha value is -2.27. The topological polar surface area (TPSA) is 61.0 Å². The Kier molecular flexibility index (Phi) is 7.68. The molecule has 1 aromatic rings. The Morgan fingerprint density at radius 1 is 1.24 bits per heavy atom. The van der Waals surface area contributed by atoms with Crippen LogP contribution in [0.15, 0.2) is 6.20 Å². The van der Waals surface area contributed by atoms with E-state index in [9.17, 15) is 10.1 Å². The minimum Gasteiger partial charge on any atom is -0.358 e. The molecule has 0 aliphatic carbocycles. The predicted octanol–water partition coefficient (Wildman–Crippen LogP) is 3.43. The number of nitrogens with zero attached hydrogens (tertiary/aromatic N) is 3. The van der Waals surface area contributed by atoms with Crippen LogP contribution >= 0.6 is 0 Å².